The zero-order chi connectivity index (χ0) is 9.88. The van der Waals surface area contributed by atoms with E-state index in [1.165, 1.54) is 38.5 Å². The van der Waals surface area contributed by atoms with Crippen LogP contribution in [-0.4, -0.2) is 0 Å². The molecule has 84 valence electrons. The van der Waals surface area contributed by atoms with Gasteiger partial charge >= 0.3 is 0 Å². The molecular formula is C15H17Cl. The minimum Gasteiger partial charge on any atom is -0.147 e. The number of aryl methyl sites for hydroxylation is 1. The number of benzene rings is 1. The van der Waals surface area contributed by atoms with Crippen LogP contribution in [0.15, 0.2) is 35.4 Å². The van der Waals surface area contributed by atoms with E-state index >= 15 is 0 Å². The average molecular weight is 233 g/mol. The highest BCUT2D eigenvalue weighted by Gasteiger charge is 2.56. The maximum atomic E-state index is 2.38. The summed E-state index contributed by atoms with van der Waals surface area (Å²) in [5.74, 6) is 0. The molecule has 0 fully saturated rings. The van der Waals surface area contributed by atoms with Crippen LogP contribution in [0.2, 0.25) is 0 Å². The van der Waals surface area contributed by atoms with Gasteiger partial charge in [0.15, 0.2) is 0 Å². The monoisotopic (exact) mass is 232 g/mol. The molecule has 1 spiro atoms. The first-order valence-corrected chi connectivity index (χ1v) is 6.24. The Morgan fingerprint density at radius 1 is 0.875 bits per heavy atom. The number of hydrogen-bond donors (Lipinski definition) is 0. The summed E-state index contributed by atoms with van der Waals surface area (Å²) in [6, 6.07) is 9.14. The Bertz CT molecular complexity index is 456. The topological polar surface area (TPSA) is 0 Å². The van der Waals surface area contributed by atoms with Crippen LogP contribution in [0.3, 0.4) is 0 Å². The first kappa shape index (κ1) is 10.4. The molecule has 3 aliphatic rings. The normalized spacial score (nSPS) is 23.8. The highest BCUT2D eigenvalue weighted by atomic mass is 35.5. The molecule has 0 saturated heterocycles. The SMILES string of the molecule is Cl.c1ccc2c(c1)CCCC21C2=C1CCC2. The van der Waals surface area contributed by atoms with Crippen LogP contribution in [0.25, 0.3) is 0 Å². The average Bonchev–Trinajstić information content (AvgIpc) is 2.69. The molecule has 16 heavy (non-hydrogen) atoms. The minimum atomic E-state index is 0. The van der Waals surface area contributed by atoms with Crippen LogP contribution in [-0.2, 0) is 11.8 Å². The Morgan fingerprint density at radius 2 is 1.62 bits per heavy atom. The summed E-state index contributed by atoms with van der Waals surface area (Å²) in [6.07, 6.45) is 8.32. The lowest BCUT2D eigenvalue weighted by atomic mass is 9.73. The molecule has 0 N–H and O–H groups in total. The third-order valence-electron chi connectivity index (χ3n) is 4.66. The van der Waals surface area contributed by atoms with E-state index in [1.54, 1.807) is 11.1 Å². The summed E-state index contributed by atoms with van der Waals surface area (Å²) in [5.41, 5.74) is 7.45. The Hall–Kier alpha value is -0.750. The predicted molar refractivity (Wildman–Crippen MR) is 69.2 cm³/mol. The van der Waals surface area contributed by atoms with E-state index in [0.717, 1.165) is 0 Å². The Kier molecular flexibility index (Phi) is 2.19. The minimum absolute atomic E-state index is 0. The number of halogens is 1. The molecule has 3 aliphatic carbocycles. The lowest BCUT2D eigenvalue weighted by molar-refractivity contribution is 0.518. The van der Waals surface area contributed by atoms with E-state index in [1.807, 2.05) is 11.1 Å². The van der Waals surface area contributed by atoms with Gasteiger partial charge in [-0.2, -0.15) is 0 Å². The van der Waals surface area contributed by atoms with Gasteiger partial charge in [0.25, 0.3) is 0 Å². The van der Waals surface area contributed by atoms with Gasteiger partial charge in [-0.25, -0.2) is 0 Å². The van der Waals surface area contributed by atoms with Gasteiger partial charge in [-0.15, -0.1) is 12.4 Å². The Morgan fingerprint density at radius 3 is 2.44 bits per heavy atom. The van der Waals surface area contributed by atoms with Crippen molar-refractivity contribution in [1.82, 2.24) is 0 Å². The van der Waals surface area contributed by atoms with Gasteiger partial charge < -0.3 is 0 Å². The van der Waals surface area contributed by atoms with E-state index in [-0.39, 0.29) is 12.4 Å². The molecule has 0 heterocycles. The second kappa shape index (κ2) is 3.37. The Balaban J connectivity index is 0.000000810. The number of rotatable bonds is 0. The van der Waals surface area contributed by atoms with Crippen molar-refractivity contribution in [2.45, 2.75) is 43.9 Å². The van der Waals surface area contributed by atoms with Gasteiger partial charge in [0.1, 0.15) is 0 Å². The van der Waals surface area contributed by atoms with Gasteiger partial charge in [0, 0.05) is 5.41 Å². The second-order valence-corrected chi connectivity index (χ2v) is 5.23. The van der Waals surface area contributed by atoms with Crippen LogP contribution < -0.4 is 0 Å². The van der Waals surface area contributed by atoms with Crippen molar-refractivity contribution in [2.24, 2.45) is 0 Å². The number of hydrogen-bond acceptors (Lipinski definition) is 0. The highest BCUT2D eigenvalue weighted by molar-refractivity contribution is 5.85. The first-order chi connectivity index (χ1) is 7.43. The molecule has 1 aromatic carbocycles. The number of allylic oxidation sites excluding steroid dienone is 2. The molecule has 0 nitrogen and oxygen atoms in total. The van der Waals surface area contributed by atoms with Crippen molar-refractivity contribution in [3.8, 4) is 0 Å². The predicted octanol–water partition coefficient (Wildman–Crippen LogP) is 4.18. The molecule has 0 atom stereocenters. The smallest absolute Gasteiger partial charge is 0.0379 e. The van der Waals surface area contributed by atoms with E-state index in [0.29, 0.717) is 5.41 Å². The molecule has 4 rings (SSSR count). The fourth-order valence-corrected chi connectivity index (χ4v) is 4.07. The van der Waals surface area contributed by atoms with Crippen molar-refractivity contribution in [3.63, 3.8) is 0 Å². The fourth-order valence-electron chi connectivity index (χ4n) is 4.07. The zero-order valence-electron chi connectivity index (χ0n) is 9.46. The van der Waals surface area contributed by atoms with Crippen molar-refractivity contribution in [2.75, 3.05) is 0 Å². The van der Waals surface area contributed by atoms with Crippen LogP contribution >= 0.6 is 12.4 Å². The summed E-state index contributed by atoms with van der Waals surface area (Å²) in [5, 5.41) is 0. The lowest BCUT2D eigenvalue weighted by Crippen LogP contribution is -2.22. The molecule has 0 amide bonds. The molecular weight excluding hydrogens is 216 g/mol. The third kappa shape index (κ3) is 1.06. The summed E-state index contributed by atoms with van der Waals surface area (Å²) < 4.78 is 0. The fraction of sp³-hybridized carbons (Fsp3) is 0.467. The third-order valence-corrected chi connectivity index (χ3v) is 4.66. The van der Waals surface area contributed by atoms with E-state index in [4.69, 9.17) is 0 Å². The second-order valence-electron chi connectivity index (χ2n) is 5.23. The summed E-state index contributed by atoms with van der Waals surface area (Å²) in [4.78, 5) is 0. The van der Waals surface area contributed by atoms with Crippen molar-refractivity contribution < 1.29 is 0 Å². The van der Waals surface area contributed by atoms with Gasteiger partial charge in [-0.05, 0) is 49.7 Å². The van der Waals surface area contributed by atoms with Crippen LogP contribution in [0.1, 0.15) is 43.2 Å². The van der Waals surface area contributed by atoms with Crippen LogP contribution in [0, 0.1) is 0 Å². The molecule has 0 aliphatic heterocycles. The number of fused-ring (bicyclic) bond motifs is 4. The summed E-state index contributed by atoms with van der Waals surface area (Å²) >= 11 is 0. The zero-order valence-corrected chi connectivity index (χ0v) is 10.3. The molecule has 1 heteroatoms. The van der Waals surface area contributed by atoms with Gasteiger partial charge in [0.05, 0.1) is 0 Å². The summed E-state index contributed by atoms with van der Waals surface area (Å²) in [7, 11) is 0. The Labute approximate surface area is 103 Å². The first-order valence-electron chi connectivity index (χ1n) is 6.24. The van der Waals surface area contributed by atoms with Gasteiger partial charge in [-0.1, -0.05) is 35.4 Å². The van der Waals surface area contributed by atoms with E-state index < -0.39 is 0 Å². The van der Waals surface area contributed by atoms with Crippen molar-refractivity contribution >= 4 is 12.4 Å². The highest BCUT2D eigenvalue weighted by Crippen LogP contribution is 2.66. The van der Waals surface area contributed by atoms with Gasteiger partial charge in [0.2, 0.25) is 0 Å². The molecule has 0 radical (unpaired) electrons. The molecule has 0 aromatic heterocycles. The van der Waals surface area contributed by atoms with Crippen molar-refractivity contribution in [1.29, 1.82) is 0 Å². The molecule has 1 aromatic rings. The lowest BCUT2D eigenvalue weighted by Gasteiger charge is -2.30. The molecule has 0 saturated carbocycles. The molecule has 0 bridgehead atoms. The maximum absolute atomic E-state index is 2.38. The van der Waals surface area contributed by atoms with Crippen LogP contribution in [0.5, 0.6) is 0 Å². The standard InChI is InChI=1S/C15H16.ClH/c1-2-7-12-11(5-1)6-4-10-15(12)13-8-3-9-14(13)15;/h1-2,5,7H,3-4,6,8-10H2;1H. The van der Waals surface area contributed by atoms with E-state index in [2.05, 4.69) is 24.3 Å². The summed E-state index contributed by atoms with van der Waals surface area (Å²) in [6.45, 7) is 0. The quantitative estimate of drug-likeness (QED) is 0.589. The largest absolute Gasteiger partial charge is 0.147 e. The van der Waals surface area contributed by atoms with Crippen LogP contribution in [0.4, 0.5) is 0 Å². The van der Waals surface area contributed by atoms with Gasteiger partial charge in [-0.3, -0.25) is 0 Å². The van der Waals surface area contributed by atoms with E-state index in [9.17, 15) is 0 Å². The molecule has 0 unspecified atom stereocenters. The maximum Gasteiger partial charge on any atom is 0.0379 e. The van der Waals surface area contributed by atoms with Crippen molar-refractivity contribution in [3.05, 3.63) is 46.5 Å².